The maximum atomic E-state index is 3.48. The Kier molecular flexibility index (Phi) is 7.83. The van der Waals surface area contributed by atoms with Crippen molar-refractivity contribution in [3.8, 4) is 22.3 Å². The molecule has 232 valence electrons. The highest BCUT2D eigenvalue weighted by molar-refractivity contribution is 7.19. The molecule has 9 rings (SSSR count). The van der Waals surface area contributed by atoms with Crippen molar-refractivity contribution >= 4 is 18.5 Å². The Balaban J connectivity index is 1.52. The molecule has 4 bridgehead atoms. The van der Waals surface area contributed by atoms with E-state index in [1.54, 1.807) is 5.56 Å². The summed E-state index contributed by atoms with van der Waals surface area (Å²) in [5, 5.41) is -0.410. The highest BCUT2D eigenvalue weighted by atomic mass is 31.0. The van der Waals surface area contributed by atoms with Gasteiger partial charge >= 0.3 is 0 Å². The van der Waals surface area contributed by atoms with Gasteiger partial charge in [0.05, 0.1) is 5.16 Å². The van der Waals surface area contributed by atoms with Crippen LogP contribution in [0.25, 0.3) is 22.3 Å². The van der Waals surface area contributed by atoms with Crippen LogP contribution in [0.4, 0.5) is 0 Å². The van der Waals surface area contributed by atoms with Gasteiger partial charge in [-0.25, -0.2) is 0 Å². The van der Waals surface area contributed by atoms with Gasteiger partial charge in [-0.2, -0.15) is 0 Å². The Morgan fingerprint density at radius 2 is 1.00 bits per heavy atom. The van der Waals surface area contributed by atoms with E-state index in [-0.39, 0.29) is 5.41 Å². The maximum absolute atomic E-state index is 3.48. The topological polar surface area (TPSA) is 0 Å². The van der Waals surface area contributed by atoms with E-state index in [2.05, 4.69) is 154 Å². The van der Waals surface area contributed by atoms with Gasteiger partial charge in [-0.15, -0.1) is 18.5 Å². The van der Waals surface area contributed by atoms with E-state index in [1.807, 2.05) is 0 Å². The van der Waals surface area contributed by atoms with Gasteiger partial charge in [-0.3, -0.25) is 0 Å². The van der Waals surface area contributed by atoms with E-state index in [0.29, 0.717) is 0 Å². The molecule has 0 heterocycles. The molecule has 0 N–H and O–H groups in total. The quantitative estimate of drug-likeness (QED) is 0.123. The maximum Gasteiger partial charge on any atom is 0.0599 e. The van der Waals surface area contributed by atoms with Crippen molar-refractivity contribution < 1.29 is 0 Å². The summed E-state index contributed by atoms with van der Waals surface area (Å²) in [4.78, 5) is 0. The summed E-state index contributed by atoms with van der Waals surface area (Å²) in [6, 6.07) is 45.8. The zero-order valence-corrected chi connectivity index (χ0v) is 29.6. The molecule has 4 saturated carbocycles. The Morgan fingerprint density at radius 3 is 1.46 bits per heavy atom. The van der Waals surface area contributed by atoms with Crippen molar-refractivity contribution in [1.29, 1.82) is 0 Å². The molecular weight excluding hydrogens is 590 g/mol. The van der Waals surface area contributed by atoms with Gasteiger partial charge in [0, 0.05) is 5.41 Å². The summed E-state index contributed by atoms with van der Waals surface area (Å²) in [7, 11) is 6.78. The van der Waals surface area contributed by atoms with Gasteiger partial charge < -0.3 is 0 Å². The zero-order valence-electron chi connectivity index (χ0n) is 27.3. The minimum absolute atomic E-state index is 0.138. The molecule has 4 aliphatic rings. The molecule has 0 nitrogen and oxygen atoms in total. The van der Waals surface area contributed by atoms with E-state index in [1.165, 1.54) is 82.2 Å². The third kappa shape index (κ3) is 4.70. The molecule has 4 aliphatic carbocycles. The van der Waals surface area contributed by atoms with Gasteiger partial charge in [0.2, 0.25) is 0 Å². The predicted molar refractivity (Wildman–Crippen MR) is 203 cm³/mol. The summed E-state index contributed by atoms with van der Waals surface area (Å²) in [5.74, 6) is 3.30. The Morgan fingerprint density at radius 1 is 0.565 bits per heavy atom. The van der Waals surface area contributed by atoms with Gasteiger partial charge in [0.15, 0.2) is 0 Å². The van der Waals surface area contributed by atoms with E-state index in [0.717, 1.165) is 29.8 Å². The molecular formula is C44H46P2. The molecule has 5 aromatic carbocycles. The Bertz CT molecular complexity index is 1800. The smallest absolute Gasteiger partial charge is 0.0599 e. The first-order chi connectivity index (χ1) is 22.4. The third-order valence-corrected chi connectivity index (χ3v) is 13.9. The number of rotatable bonds is 7. The fourth-order valence-corrected chi connectivity index (χ4v) is 12.2. The molecule has 2 heteroatoms. The van der Waals surface area contributed by atoms with Gasteiger partial charge in [-0.1, -0.05) is 109 Å². The van der Waals surface area contributed by atoms with Crippen molar-refractivity contribution in [2.75, 3.05) is 6.16 Å². The second-order valence-electron chi connectivity index (χ2n) is 14.7. The molecule has 5 aromatic rings. The van der Waals surface area contributed by atoms with E-state index >= 15 is 0 Å². The summed E-state index contributed by atoms with van der Waals surface area (Å²) in [6.07, 6.45) is 8.15. The fourth-order valence-electron chi connectivity index (χ4n) is 10.4. The molecule has 0 radical (unpaired) electrons. The highest BCUT2D eigenvalue weighted by Gasteiger charge is 2.58. The molecule has 0 amide bonds. The van der Waals surface area contributed by atoms with Gasteiger partial charge in [0.1, 0.15) is 0 Å². The van der Waals surface area contributed by atoms with Gasteiger partial charge in [-0.05, 0) is 144 Å². The lowest BCUT2D eigenvalue weighted by Gasteiger charge is -2.62. The molecule has 2 unspecified atom stereocenters. The Hall–Kier alpha value is -3.04. The summed E-state index contributed by atoms with van der Waals surface area (Å²) >= 11 is 0. The van der Waals surface area contributed by atoms with Crippen LogP contribution in [-0.2, 0) is 10.6 Å². The molecule has 0 saturated heterocycles. The average molecular weight is 637 g/mol. The van der Waals surface area contributed by atoms with Crippen LogP contribution >= 0.6 is 18.5 Å². The minimum Gasteiger partial charge on any atom is -0.137 e. The van der Waals surface area contributed by atoms with Crippen molar-refractivity contribution in [1.82, 2.24) is 0 Å². The van der Waals surface area contributed by atoms with Crippen LogP contribution in [0, 0.1) is 37.5 Å². The number of benzene rings is 5. The monoisotopic (exact) mass is 636 g/mol. The Labute approximate surface area is 280 Å². The summed E-state index contributed by atoms with van der Waals surface area (Å²) in [6.45, 7) is 4.60. The first-order valence-electron chi connectivity index (χ1n) is 17.3. The standard InChI is InChI=1S/C44H46P2/c1-29-13-9-11-19-39(29)44(46,40-20-12-10-14-30(40)2)42-27-38(34-17-7-4-8-18-34)37(33-15-5-3-6-16-33)26-41(42)43(28-45)35-22-31-21-32(24-35)25-36(43)23-31/h3-20,26-27,31-32,35-36H,21-25,28,45-46H2,1-2H3. The van der Waals surface area contributed by atoms with Crippen LogP contribution in [-0.4, -0.2) is 6.16 Å². The lowest BCUT2D eigenvalue weighted by atomic mass is 9.43. The normalized spacial score (nSPS) is 25.1. The highest BCUT2D eigenvalue weighted by Crippen LogP contribution is 2.66. The molecule has 0 spiro atoms. The summed E-state index contributed by atoms with van der Waals surface area (Å²) < 4.78 is 0. The number of hydrogen-bond acceptors (Lipinski definition) is 0. The van der Waals surface area contributed by atoms with Crippen molar-refractivity contribution in [3.05, 3.63) is 155 Å². The second-order valence-corrected chi connectivity index (χ2v) is 15.9. The van der Waals surface area contributed by atoms with Crippen molar-refractivity contribution in [2.45, 2.75) is 56.5 Å². The summed E-state index contributed by atoms with van der Waals surface area (Å²) in [5.41, 5.74) is 13.9. The fraction of sp³-hybridized carbons (Fsp3) is 0.318. The molecule has 0 aromatic heterocycles. The largest absolute Gasteiger partial charge is 0.137 e. The van der Waals surface area contributed by atoms with Crippen molar-refractivity contribution in [2.24, 2.45) is 23.7 Å². The number of hydrogen-bond donors (Lipinski definition) is 0. The van der Waals surface area contributed by atoms with Crippen LogP contribution in [0.5, 0.6) is 0 Å². The average Bonchev–Trinajstić information content (AvgIpc) is 3.09. The second kappa shape index (κ2) is 11.9. The van der Waals surface area contributed by atoms with E-state index < -0.39 is 5.16 Å². The third-order valence-electron chi connectivity index (χ3n) is 12.3. The van der Waals surface area contributed by atoms with E-state index in [9.17, 15) is 0 Å². The van der Waals surface area contributed by atoms with Crippen LogP contribution in [0.2, 0.25) is 0 Å². The van der Waals surface area contributed by atoms with Crippen molar-refractivity contribution in [3.63, 3.8) is 0 Å². The molecule has 2 atom stereocenters. The van der Waals surface area contributed by atoms with Crippen LogP contribution < -0.4 is 0 Å². The first kappa shape index (κ1) is 30.3. The minimum atomic E-state index is -0.410. The molecule has 46 heavy (non-hydrogen) atoms. The van der Waals surface area contributed by atoms with E-state index in [4.69, 9.17) is 0 Å². The van der Waals surface area contributed by atoms with Gasteiger partial charge in [0.25, 0.3) is 0 Å². The van der Waals surface area contributed by atoms with Crippen LogP contribution in [0.15, 0.2) is 121 Å². The zero-order chi connectivity index (χ0) is 31.5. The lowest BCUT2D eigenvalue weighted by Crippen LogP contribution is -2.57. The number of aryl methyl sites for hydroxylation is 2. The molecule has 4 fully saturated rings. The first-order valence-corrected chi connectivity index (χ1v) is 18.7. The lowest BCUT2D eigenvalue weighted by molar-refractivity contribution is -0.0504. The SMILES string of the molecule is Cc1ccccc1C(P)(c1ccccc1C)c1cc(-c2ccccc2)c(-c2ccccc2)cc1C1(CP)C2CC3CC(C2)CC1C3. The molecule has 0 aliphatic heterocycles. The van der Waals surface area contributed by atoms with Crippen LogP contribution in [0.3, 0.4) is 0 Å². The predicted octanol–water partition coefficient (Wildman–Crippen LogP) is 11.4. The van der Waals surface area contributed by atoms with Crippen LogP contribution in [0.1, 0.15) is 65.5 Å².